The number of rotatable bonds is 4. The third-order valence-electron chi connectivity index (χ3n) is 1.52. The number of nitrogens with one attached hydrogen (secondary N) is 1. The van der Waals surface area contributed by atoms with Crippen LogP contribution in [0, 0.1) is 0 Å². The molecule has 0 aliphatic carbocycles. The fourth-order valence-electron chi connectivity index (χ4n) is 0.837. The average Bonchev–Trinajstić information content (AvgIpc) is 2.19. The Morgan fingerprint density at radius 1 is 1.38 bits per heavy atom. The van der Waals surface area contributed by atoms with Crippen molar-refractivity contribution in [2.24, 2.45) is 0 Å². The zero-order valence-corrected chi connectivity index (χ0v) is 10.2. The van der Waals surface area contributed by atoms with E-state index in [2.05, 4.69) is 5.09 Å². The van der Waals surface area contributed by atoms with E-state index in [9.17, 15) is 4.57 Å². The zero-order chi connectivity index (χ0) is 9.73. The Balaban J connectivity index is 2.74. The van der Waals surface area contributed by atoms with E-state index >= 15 is 0 Å². The first kappa shape index (κ1) is 10.8. The average molecular weight is 264 g/mol. The van der Waals surface area contributed by atoms with Gasteiger partial charge in [0, 0.05) is 0 Å². The van der Waals surface area contributed by atoms with Crippen LogP contribution in [-0.4, -0.2) is 21.6 Å². The summed E-state index contributed by atoms with van der Waals surface area (Å²) in [5.41, 5.74) is 0.844. The molecule has 0 aliphatic heterocycles. The first-order chi connectivity index (χ1) is 6.20. The summed E-state index contributed by atoms with van der Waals surface area (Å²) in [6.45, 7) is 0. The number of anilines is 1. The molecule has 0 amide bonds. The van der Waals surface area contributed by atoms with Crippen molar-refractivity contribution in [1.29, 1.82) is 0 Å². The molecule has 0 saturated carbocycles. The number of benzene rings is 1. The third-order valence-corrected chi connectivity index (χ3v) is 7.55. The van der Waals surface area contributed by atoms with E-state index in [-0.39, 0.29) is 14.5 Å². The van der Waals surface area contributed by atoms with Gasteiger partial charge < -0.3 is 0 Å². The molecule has 13 heavy (non-hydrogen) atoms. The molecule has 1 atom stereocenters. The standard InChI is InChI=1S/C8H12NO2PSe/c1-11-12(10,13-2)9-8-6-4-3-5-7-8/h3-7H,1-2H3,(H,9,10). The Labute approximate surface area is 84.1 Å². The normalized spacial score (nSPS) is 14.9. The van der Waals surface area contributed by atoms with Gasteiger partial charge in [0.25, 0.3) is 0 Å². The summed E-state index contributed by atoms with van der Waals surface area (Å²) in [5.74, 6) is 1.90. The van der Waals surface area contributed by atoms with Gasteiger partial charge >= 0.3 is 83.9 Å². The molecular weight excluding hydrogens is 252 g/mol. The molecule has 0 aliphatic rings. The van der Waals surface area contributed by atoms with Crippen molar-refractivity contribution in [1.82, 2.24) is 0 Å². The van der Waals surface area contributed by atoms with Crippen molar-refractivity contribution >= 4 is 26.4 Å². The number of hydrogen-bond donors (Lipinski definition) is 1. The van der Waals surface area contributed by atoms with E-state index < -0.39 is 6.21 Å². The molecule has 1 aromatic carbocycles. The Hall–Kier alpha value is -0.271. The van der Waals surface area contributed by atoms with E-state index in [1.165, 1.54) is 7.11 Å². The Morgan fingerprint density at radius 2 is 2.00 bits per heavy atom. The molecule has 5 heteroatoms. The third kappa shape index (κ3) is 3.17. The van der Waals surface area contributed by atoms with Gasteiger partial charge in [-0.1, -0.05) is 0 Å². The van der Waals surface area contributed by atoms with E-state index in [0.717, 1.165) is 5.69 Å². The molecule has 0 heterocycles. The SMILES string of the molecule is COP(=O)(Nc1ccccc1)[Se]C. The maximum absolute atomic E-state index is 11.8. The fraction of sp³-hybridized carbons (Fsp3) is 0.250. The first-order valence-electron chi connectivity index (χ1n) is 3.75. The second-order valence-corrected chi connectivity index (χ2v) is 9.61. The van der Waals surface area contributed by atoms with Gasteiger partial charge in [0.05, 0.1) is 0 Å². The van der Waals surface area contributed by atoms with Gasteiger partial charge in [-0.25, -0.2) is 0 Å². The van der Waals surface area contributed by atoms with Crippen molar-refractivity contribution < 1.29 is 9.09 Å². The van der Waals surface area contributed by atoms with Gasteiger partial charge in [-0.15, -0.1) is 0 Å². The van der Waals surface area contributed by atoms with Crippen LogP contribution >= 0.6 is 6.21 Å². The molecule has 3 nitrogen and oxygen atoms in total. The Kier molecular flexibility index (Phi) is 4.01. The molecule has 0 aromatic heterocycles. The number of para-hydroxylation sites is 1. The van der Waals surface area contributed by atoms with Crippen LogP contribution in [0.15, 0.2) is 30.3 Å². The monoisotopic (exact) mass is 265 g/mol. The van der Waals surface area contributed by atoms with E-state index in [1.54, 1.807) is 0 Å². The summed E-state index contributed by atoms with van der Waals surface area (Å²) in [6, 6.07) is 9.45. The minimum absolute atomic E-state index is 0.0441. The van der Waals surface area contributed by atoms with Crippen molar-refractivity contribution in [3.8, 4) is 0 Å². The molecule has 72 valence electrons. The molecule has 0 fully saturated rings. The summed E-state index contributed by atoms with van der Waals surface area (Å²) in [6.07, 6.45) is -2.59. The quantitative estimate of drug-likeness (QED) is 0.671. The van der Waals surface area contributed by atoms with E-state index in [4.69, 9.17) is 4.52 Å². The second-order valence-electron chi connectivity index (χ2n) is 2.34. The topological polar surface area (TPSA) is 38.3 Å². The van der Waals surface area contributed by atoms with Gasteiger partial charge in [0.15, 0.2) is 0 Å². The fourth-order valence-corrected chi connectivity index (χ4v) is 3.81. The van der Waals surface area contributed by atoms with Crippen LogP contribution in [0.4, 0.5) is 5.69 Å². The summed E-state index contributed by atoms with van der Waals surface area (Å²) >= 11 is -0.0441. The first-order valence-corrected chi connectivity index (χ1v) is 9.30. The Bertz CT molecular complexity index is 296. The van der Waals surface area contributed by atoms with Gasteiger partial charge in [0.1, 0.15) is 0 Å². The predicted octanol–water partition coefficient (Wildman–Crippen LogP) is 2.61. The van der Waals surface area contributed by atoms with Crippen LogP contribution in [0.1, 0.15) is 0 Å². The van der Waals surface area contributed by atoms with Gasteiger partial charge in [-0.3, -0.25) is 0 Å². The molecule has 0 radical (unpaired) electrons. The molecule has 0 bridgehead atoms. The van der Waals surface area contributed by atoms with E-state index in [0.29, 0.717) is 0 Å². The molecule has 1 unspecified atom stereocenters. The second kappa shape index (κ2) is 4.82. The summed E-state index contributed by atoms with van der Waals surface area (Å²) < 4.78 is 16.8. The van der Waals surface area contributed by atoms with Crippen LogP contribution in [-0.2, 0) is 9.09 Å². The van der Waals surface area contributed by atoms with Crippen LogP contribution in [0.25, 0.3) is 0 Å². The summed E-state index contributed by atoms with van der Waals surface area (Å²) in [7, 11) is 1.47. The molecular formula is C8H12NO2PSe. The van der Waals surface area contributed by atoms with Crippen LogP contribution < -0.4 is 5.09 Å². The van der Waals surface area contributed by atoms with Crippen molar-refractivity contribution in [2.75, 3.05) is 12.2 Å². The van der Waals surface area contributed by atoms with Crippen LogP contribution in [0.2, 0.25) is 5.82 Å². The Morgan fingerprint density at radius 3 is 2.46 bits per heavy atom. The zero-order valence-electron chi connectivity index (χ0n) is 7.56. The predicted molar refractivity (Wildman–Crippen MR) is 56.3 cm³/mol. The van der Waals surface area contributed by atoms with Gasteiger partial charge in [0.2, 0.25) is 0 Å². The molecule has 1 aromatic rings. The molecule has 0 saturated heterocycles. The maximum atomic E-state index is 11.8. The summed E-state index contributed by atoms with van der Waals surface area (Å²) in [4.78, 5) is 0. The number of hydrogen-bond acceptors (Lipinski definition) is 2. The van der Waals surface area contributed by atoms with Crippen molar-refractivity contribution in [3.05, 3.63) is 30.3 Å². The van der Waals surface area contributed by atoms with E-state index in [1.807, 2.05) is 36.2 Å². The minimum atomic E-state index is -2.59. The van der Waals surface area contributed by atoms with Gasteiger partial charge in [-0.2, -0.15) is 0 Å². The summed E-state index contributed by atoms with van der Waals surface area (Å²) in [5, 5.41) is 2.92. The van der Waals surface area contributed by atoms with Gasteiger partial charge in [-0.05, 0) is 0 Å². The van der Waals surface area contributed by atoms with Crippen LogP contribution in [0.5, 0.6) is 0 Å². The van der Waals surface area contributed by atoms with Crippen LogP contribution in [0.3, 0.4) is 0 Å². The molecule has 1 rings (SSSR count). The molecule has 0 spiro atoms. The van der Waals surface area contributed by atoms with Crippen molar-refractivity contribution in [2.45, 2.75) is 5.82 Å². The van der Waals surface area contributed by atoms with Crippen molar-refractivity contribution in [3.63, 3.8) is 0 Å². The molecule has 1 N–H and O–H groups in total.